The molecule has 1 aliphatic heterocycles. The van der Waals surface area contributed by atoms with Gasteiger partial charge in [-0.05, 0) is 42.5 Å². The number of para-hydroxylation sites is 1. The Morgan fingerprint density at radius 2 is 1.57 bits per heavy atom. The molecule has 0 radical (unpaired) electrons. The molecule has 35 heavy (non-hydrogen) atoms. The first-order chi connectivity index (χ1) is 16.6. The number of fused-ring (bicyclic) bond motifs is 2. The molecule has 5 rings (SSSR count). The Kier molecular flexibility index (Phi) is 5.45. The van der Waals surface area contributed by atoms with Crippen molar-refractivity contribution in [3.05, 3.63) is 77.9 Å². The SMILES string of the molecule is CC1(C)OC(=O)c2cc3c(C#C[Si](C)(C)C)c(-c4ccc(Oc5ccccc5)cc4)oc3cc2O1. The molecular formula is C29H26O5Si. The third kappa shape index (κ3) is 4.82. The summed E-state index contributed by atoms with van der Waals surface area (Å²) in [6, 6.07) is 20.8. The van der Waals surface area contributed by atoms with Crippen LogP contribution in [0.1, 0.15) is 29.8 Å². The van der Waals surface area contributed by atoms with E-state index >= 15 is 0 Å². The van der Waals surface area contributed by atoms with Gasteiger partial charge in [0.1, 0.15) is 36.5 Å². The molecule has 1 aromatic heterocycles. The van der Waals surface area contributed by atoms with Crippen LogP contribution in [0.15, 0.2) is 71.1 Å². The maximum Gasteiger partial charge on any atom is 0.345 e. The summed E-state index contributed by atoms with van der Waals surface area (Å²) in [5.74, 6) is 4.47. The smallest absolute Gasteiger partial charge is 0.345 e. The number of esters is 1. The molecule has 3 aromatic carbocycles. The number of carbonyl (C=O) groups is 1. The predicted octanol–water partition coefficient (Wildman–Crippen LogP) is 7.41. The average molecular weight is 483 g/mol. The van der Waals surface area contributed by atoms with E-state index in [4.69, 9.17) is 18.6 Å². The van der Waals surface area contributed by atoms with Gasteiger partial charge in [-0.25, -0.2) is 4.79 Å². The highest BCUT2D eigenvalue weighted by atomic mass is 28.3. The lowest BCUT2D eigenvalue weighted by atomic mass is 10.0. The van der Waals surface area contributed by atoms with E-state index in [1.54, 1.807) is 26.0 Å². The second-order valence-electron chi connectivity index (χ2n) is 9.98. The molecule has 0 aliphatic carbocycles. The number of cyclic esters (lactones) is 1. The minimum atomic E-state index is -1.68. The molecule has 0 spiro atoms. The number of furan rings is 1. The molecule has 0 fully saturated rings. The molecule has 0 amide bonds. The Bertz CT molecular complexity index is 1480. The van der Waals surface area contributed by atoms with Gasteiger partial charge in [-0.1, -0.05) is 43.8 Å². The summed E-state index contributed by atoms with van der Waals surface area (Å²) in [5.41, 5.74) is 6.02. The Hall–Kier alpha value is -3.95. The van der Waals surface area contributed by atoms with Crippen LogP contribution >= 0.6 is 0 Å². The number of hydrogen-bond acceptors (Lipinski definition) is 5. The second-order valence-corrected chi connectivity index (χ2v) is 14.7. The van der Waals surface area contributed by atoms with Gasteiger partial charge in [0.2, 0.25) is 5.79 Å². The molecule has 0 saturated heterocycles. The van der Waals surface area contributed by atoms with Crippen LogP contribution in [0.4, 0.5) is 0 Å². The fourth-order valence-corrected chi connectivity index (χ4v) is 4.31. The van der Waals surface area contributed by atoms with Crippen molar-refractivity contribution in [1.82, 2.24) is 0 Å². The molecule has 2 heterocycles. The van der Waals surface area contributed by atoms with E-state index in [1.165, 1.54) is 0 Å². The number of carbonyl (C=O) groups excluding carboxylic acids is 1. The first kappa shape index (κ1) is 22.8. The Labute approximate surface area is 205 Å². The summed E-state index contributed by atoms with van der Waals surface area (Å²) >= 11 is 0. The third-order valence-corrected chi connectivity index (χ3v) is 6.24. The van der Waals surface area contributed by atoms with Crippen molar-refractivity contribution in [1.29, 1.82) is 0 Å². The fraction of sp³-hybridized carbons (Fsp3) is 0.207. The summed E-state index contributed by atoms with van der Waals surface area (Å²) in [6.07, 6.45) is 0. The molecule has 0 unspecified atom stereocenters. The lowest BCUT2D eigenvalue weighted by molar-refractivity contribution is -0.127. The van der Waals surface area contributed by atoms with Gasteiger partial charge in [-0.2, -0.15) is 0 Å². The largest absolute Gasteiger partial charge is 0.457 e. The fourth-order valence-electron chi connectivity index (χ4n) is 3.81. The van der Waals surface area contributed by atoms with Gasteiger partial charge in [0, 0.05) is 30.9 Å². The van der Waals surface area contributed by atoms with Gasteiger partial charge in [0.25, 0.3) is 0 Å². The van der Waals surface area contributed by atoms with Crippen molar-refractivity contribution in [2.24, 2.45) is 0 Å². The topological polar surface area (TPSA) is 57.9 Å². The average Bonchev–Trinajstić information content (AvgIpc) is 3.14. The van der Waals surface area contributed by atoms with Crippen molar-refractivity contribution in [3.63, 3.8) is 0 Å². The molecule has 0 atom stereocenters. The van der Waals surface area contributed by atoms with Crippen LogP contribution < -0.4 is 9.47 Å². The molecule has 6 heteroatoms. The van der Waals surface area contributed by atoms with Gasteiger partial charge in [0.05, 0.1) is 5.56 Å². The second kappa shape index (κ2) is 8.37. The van der Waals surface area contributed by atoms with Gasteiger partial charge < -0.3 is 18.6 Å². The van der Waals surface area contributed by atoms with E-state index in [0.717, 1.165) is 28.0 Å². The van der Waals surface area contributed by atoms with E-state index in [-0.39, 0.29) is 0 Å². The van der Waals surface area contributed by atoms with Crippen molar-refractivity contribution in [2.75, 3.05) is 0 Å². The molecular weight excluding hydrogens is 456 g/mol. The van der Waals surface area contributed by atoms with E-state index in [1.807, 2.05) is 54.6 Å². The molecule has 0 N–H and O–H groups in total. The van der Waals surface area contributed by atoms with Gasteiger partial charge in [-0.3, -0.25) is 0 Å². The minimum Gasteiger partial charge on any atom is -0.457 e. The molecule has 4 aromatic rings. The molecule has 5 nitrogen and oxygen atoms in total. The quantitative estimate of drug-likeness (QED) is 0.173. The van der Waals surface area contributed by atoms with Crippen LogP contribution in [-0.2, 0) is 4.74 Å². The first-order valence-electron chi connectivity index (χ1n) is 11.5. The molecule has 0 saturated carbocycles. The van der Waals surface area contributed by atoms with Crippen molar-refractivity contribution < 1.29 is 23.4 Å². The maximum absolute atomic E-state index is 12.7. The van der Waals surface area contributed by atoms with E-state index in [2.05, 4.69) is 31.1 Å². The summed E-state index contributed by atoms with van der Waals surface area (Å²) in [5, 5.41) is 0.759. The first-order valence-corrected chi connectivity index (χ1v) is 15.0. The minimum absolute atomic E-state index is 0.367. The molecule has 0 bridgehead atoms. The number of hydrogen-bond donors (Lipinski definition) is 0. The van der Waals surface area contributed by atoms with Crippen LogP contribution in [0.25, 0.3) is 22.3 Å². The Morgan fingerprint density at radius 3 is 2.26 bits per heavy atom. The number of ether oxygens (including phenoxy) is 3. The summed E-state index contributed by atoms with van der Waals surface area (Å²) < 4.78 is 23.6. The van der Waals surface area contributed by atoms with Gasteiger partial charge in [-0.15, -0.1) is 5.54 Å². The molecule has 1 aliphatic rings. The Balaban J connectivity index is 1.61. The lowest BCUT2D eigenvalue weighted by Crippen LogP contribution is -2.38. The van der Waals surface area contributed by atoms with Crippen molar-refractivity contribution >= 4 is 25.0 Å². The zero-order valence-corrected chi connectivity index (χ0v) is 21.4. The maximum atomic E-state index is 12.7. The summed E-state index contributed by atoms with van der Waals surface area (Å²) in [7, 11) is -1.68. The Morgan fingerprint density at radius 1 is 0.886 bits per heavy atom. The van der Waals surface area contributed by atoms with E-state index < -0.39 is 19.8 Å². The lowest BCUT2D eigenvalue weighted by Gasteiger charge is -2.31. The summed E-state index contributed by atoms with van der Waals surface area (Å²) in [6.45, 7) is 9.97. The van der Waals surface area contributed by atoms with E-state index in [9.17, 15) is 4.79 Å². The van der Waals surface area contributed by atoms with Gasteiger partial charge >= 0.3 is 5.97 Å². The summed E-state index contributed by atoms with van der Waals surface area (Å²) in [4.78, 5) is 12.7. The van der Waals surface area contributed by atoms with Crippen LogP contribution in [0, 0.1) is 11.5 Å². The highest BCUT2D eigenvalue weighted by Gasteiger charge is 2.35. The highest BCUT2D eigenvalue weighted by Crippen LogP contribution is 2.40. The highest BCUT2D eigenvalue weighted by molar-refractivity contribution is 6.83. The monoisotopic (exact) mass is 482 g/mol. The standard InChI is InChI=1S/C29H26O5Si/c1-29(2)33-26-18-25-23(17-24(26)28(30)34-29)22(15-16-35(3,4)5)27(32-25)19-11-13-21(14-12-19)31-20-9-7-6-8-10-20/h6-14,17-18H,1-5H3. The molecule has 176 valence electrons. The predicted molar refractivity (Wildman–Crippen MR) is 139 cm³/mol. The van der Waals surface area contributed by atoms with Crippen molar-refractivity contribution in [2.45, 2.75) is 39.3 Å². The van der Waals surface area contributed by atoms with Crippen molar-refractivity contribution in [3.8, 4) is 40.0 Å². The van der Waals surface area contributed by atoms with Gasteiger partial charge in [0.15, 0.2) is 5.76 Å². The van der Waals surface area contributed by atoms with Crippen LogP contribution in [0.3, 0.4) is 0 Å². The van der Waals surface area contributed by atoms with Crippen LogP contribution in [0.5, 0.6) is 17.2 Å². The van der Waals surface area contributed by atoms with Crippen LogP contribution in [0.2, 0.25) is 19.6 Å². The normalized spacial score (nSPS) is 14.4. The third-order valence-electron chi connectivity index (χ3n) is 5.36. The zero-order valence-electron chi connectivity index (χ0n) is 20.4. The zero-order chi connectivity index (χ0) is 24.8. The number of benzene rings is 3. The number of rotatable bonds is 3. The van der Waals surface area contributed by atoms with Crippen LogP contribution in [-0.4, -0.2) is 19.8 Å². The van der Waals surface area contributed by atoms with E-state index in [0.29, 0.717) is 22.7 Å².